The molecule has 3 aromatic rings. The Balaban J connectivity index is 1.58. The number of benzene rings is 3. The Morgan fingerprint density at radius 1 is 0.969 bits per heavy atom. The third-order valence-corrected chi connectivity index (χ3v) is 5.52. The topological polar surface area (TPSA) is 69.2 Å². The van der Waals surface area contributed by atoms with Crippen molar-refractivity contribution in [2.24, 2.45) is 5.10 Å². The van der Waals surface area contributed by atoms with Crippen molar-refractivity contribution in [2.75, 3.05) is 13.7 Å². The second-order valence-corrected chi connectivity index (χ2v) is 8.37. The lowest BCUT2D eigenvalue weighted by molar-refractivity contribution is 0.0954. The molecule has 0 bridgehead atoms. The van der Waals surface area contributed by atoms with E-state index in [0.717, 1.165) is 25.8 Å². The molecule has 0 aliphatic heterocycles. The lowest BCUT2D eigenvalue weighted by Gasteiger charge is -2.10. The Hall–Kier alpha value is -2.84. The molecule has 1 amide bonds. The number of hydrogen-bond donors (Lipinski definition) is 1. The van der Waals surface area contributed by atoms with Crippen LogP contribution in [0.3, 0.4) is 0 Å². The molecule has 3 aromatic carbocycles. The molecule has 0 heterocycles. The van der Waals surface area contributed by atoms with Gasteiger partial charge in [0, 0.05) is 10.0 Å². The van der Waals surface area contributed by atoms with Gasteiger partial charge >= 0.3 is 0 Å². The molecule has 0 unspecified atom stereocenters. The van der Waals surface area contributed by atoms with Crippen molar-refractivity contribution in [2.45, 2.75) is 13.5 Å². The minimum atomic E-state index is -0.351. The number of rotatable bonds is 9. The largest absolute Gasteiger partial charge is 0.493 e. The molecule has 0 aliphatic rings. The van der Waals surface area contributed by atoms with E-state index < -0.39 is 0 Å². The lowest BCUT2D eigenvalue weighted by Crippen LogP contribution is -2.17. The van der Waals surface area contributed by atoms with Crippen LogP contribution < -0.4 is 19.6 Å². The number of nitrogens with one attached hydrogen (secondary N) is 1. The molecular weight excluding hydrogens is 540 g/mol. The number of nitrogens with zero attached hydrogens (tertiary/aromatic N) is 1. The highest BCUT2D eigenvalue weighted by atomic mass is 79.9. The van der Waals surface area contributed by atoms with Crippen LogP contribution in [-0.4, -0.2) is 25.8 Å². The zero-order valence-corrected chi connectivity index (χ0v) is 20.8. The Morgan fingerprint density at radius 3 is 2.41 bits per heavy atom. The average molecular weight is 562 g/mol. The first kappa shape index (κ1) is 23.8. The minimum Gasteiger partial charge on any atom is -0.493 e. The fourth-order valence-electron chi connectivity index (χ4n) is 2.77. The number of hydrogen-bond acceptors (Lipinski definition) is 5. The molecular formula is C24H22Br2N2O4. The second kappa shape index (κ2) is 11.7. The summed E-state index contributed by atoms with van der Waals surface area (Å²) in [4.78, 5) is 12.4. The third kappa shape index (κ3) is 6.58. The number of carbonyl (C=O) groups excluding carboxylic acids is 1. The lowest BCUT2D eigenvalue weighted by atomic mass is 10.2. The summed E-state index contributed by atoms with van der Waals surface area (Å²) in [6, 6.07) is 18.5. The number of hydrazone groups is 1. The van der Waals surface area contributed by atoms with Crippen molar-refractivity contribution in [3.8, 4) is 17.2 Å². The number of ether oxygens (including phenoxy) is 3. The maximum atomic E-state index is 12.4. The number of amides is 1. The van der Waals surface area contributed by atoms with Gasteiger partial charge in [-0.3, -0.25) is 4.79 Å². The molecule has 0 saturated heterocycles. The molecule has 0 radical (unpaired) electrons. The Morgan fingerprint density at radius 2 is 1.72 bits per heavy atom. The van der Waals surface area contributed by atoms with Crippen molar-refractivity contribution in [1.82, 2.24) is 5.43 Å². The van der Waals surface area contributed by atoms with Crippen LogP contribution in [0, 0.1) is 0 Å². The van der Waals surface area contributed by atoms with Crippen LogP contribution in [0.2, 0.25) is 0 Å². The van der Waals surface area contributed by atoms with E-state index in [2.05, 4.69) is 42.4 Å². The molecule has 1 N–H and O–H groups in total. The zero-order chi connectivity index (χ0) is 22.9. The van der Waals surface area contributed by atoms with Crippen LogP contribution in [0.15, 0.2) is 74.7 Å². The van der Waals surface area contributed by atoms with Crippen molar-refractivity contribution >= 4 is 44.0 Å². The molecule has 32 heavy (non-hydrogen) atoms. The smallest absolute Gasteiger partial charge is 0.271 e. The first-order valence-electron chi connectivity index (χ1n) is 9.81. The van der Waals surface area contributed by atoms with Crippen LogP contribution in [0.1, 0.15) is 28.4 Å². The van der Waals surface area contributed by atoms with Gasteiger partial charge in [0.15, 0.2) is 11.5 Å². The molecule has 8 heteroatoms. The third-order valence-electron chi connectivity index (χ3n) is 4.37. The number of halogens is 2. The minimum absolute atomic E-state index is 0.351. The standard InChI is InChI=1S/C24H22Br2N2O4/c1-3-31-22-11-7-18(13-23(22)30-2)24(29)28-27-14-17-6-10-21(20(26)12-17)32-15-16-4-8-19(25)9-5-16/h4-14H,3,15H2,1-2H3,(H,28,29)/b27-14+. The van der Waals surface area contributed by atoms with E-state index >= 15 is 0 Å². The van der Waals surface area contributed by atoms with Crippen molar-refractivity contribution in [1.29, 1.82) is 0 Å². The summed E-state index contributed by atoms with van der Waals surface area (Å²) < 4.78 is 18.4. The van der Waals surface area contributed by atoms with Gasteiger partial charge in [0.2, 0.25) is 0 Å². The molecule has 6 nitrogen and oxygen atoms in total. The maximum Gasteiger partial charge on any atom is 0.271 e. The molecule has 0 fully saturated rings. The van der Waals surface area contributed by atoms with E-state index in [1.165, 1.54) is 7.11 Å². The highest BCUT2D eigenvalue weighted by molar-refractivity contribution is 9.10. The first-order chi connectivity index (χ1) is 15.5. The van der Waals surface area contributed by atoms with E-state index in [-0.39, 0.29) is 5.91 Å². The fourth-order valence-corrected chi connectivity index (χ4v) is 3.55. The number of methoxy groups -OCH3 is 1. The highest BCUT2D eigenvalue weighted by Gasteiger charge is 2.10. The van der Waals surface area contributed by atoms with Gasteiger partial charge in [-0.15, -0.1) is 0 Å². The van der Waals surface area contributed by atoms with E-state index in [0.29, 0.717) is 30.3 Å². The second-order valence-electron chi connectivity index (χ2n) is 6.60. The quantitative estimate of drug-likeness (QED) is 0.258. The fraction of sp³-hybridized carbons (Fsp3) is 0.167. The summed E-state index contributed by atoms with van der Waals surface area (Å²) >= 11 is 6.94. The molecule has 0 aromatic heterocycles. The van der Waals surface area contributed by atoms with Crippen LogP contribution >= 0.6 is 31.9 Å². The predicted molar refractivity (Wildman–Crippen MR) is 132 cm³/mol. The molecule has 0 spiro atoms. The summed E-state index contributed by atoms with van der Waals surface area (Å²) in [5.74, 6) is 1.44. The zero-order valence-electron chi connectivity index (χ0n) is 17.6. The van der Waals surface area contributed by atoms with Gasteiger partial charge in [-0.05, 0) is 82.5 Å². The van der Waals surface area contributed by atoms with Gasteiger partial charge in [-0.1, -0.05) is 28.1 Å². The van der Waals surface area contributed by atoms with Crippen LogP contribution in [-0.2, 0) is 6.61 Å². The van der Waals surface area contributed by atoms with Gasteiger partial charge < -0.3 is 14.2 Å². The Labute approximate surface area is 203 Å². The van der Waals surface area contributed by atoms with Gasteiger partial charge in [0.05, 0.1) is 24.4 Å². The van der Waals surface area contributed by atoms with E-state index in [1.807, 2.05) is 49.4 Å². The molecule has 3 rings (SSSR count). The summed E-state index contributed by atoms with van der Waals surface area (Å²) in [7, 11) is 1.53. The molecule has 0 atom stereocenters. The van der Waals surface area contributed by atoms with E-state index in [9.17, 15) is 4.79 Å². The van der Waals surface area contributed by atoms with E-state index in [1.54, 1.807) is 24.4 Å². The van der Waals surface area contributed by atoms with Gasteiger partial charge in [-0.2, -0.15) is 5.10 Å². The van der Waals surface area contributed by atoms with Crippen molar-refractivity contribution in [3.63, 3.8) is 0 Å². The Kier molecular flexibility index (Phi) is 8.70. The summed E-state index contributed by atoms with van der Waals surface area (Å²) in [6.45, 7) is 2.85. The summed E-state index contributed by atoms with van der Waals surface area (Å²) in [6.07, 6.45) is 1.56. The van der Waals surface area contributed by atoms with Gasteiger partial charge in [0.1, 0.15) is 12.4 Å². The molecule has 0 saturated carbocycles. The summed E-state index contributed by atoms with van der Waals surface area (Å²) in [5.41, 5.74) is 4.81. The Bertz CT molecular complexity index is 1100. The average Bonchev–Trinajstić information content (AvgIpc) is 2.80. The number of carbonyl (C=O) groups is 1. The van der Waals surface area contributed by atoms with Crippen molar-refractivity contribution in [3.05, 3.63) is 86.3 Å². The SMILES string of the molecule is CCOc1ccc(C(=O)N/N=C/c2ccc(OCc3ccc(Br)cc3)c(Br)c2)cc1OC. The van der Waals surface area contributed by atoms with Gasteiger partial charge in [0.25, 0.3) is 5.91 Å². The van der Waals surface area contributed by atoms with Crippen LogP contribution in [0.4, 0.5) is 0 Å². The molecule has 166 valence electrons. The predicted octanol–water partition coefficient (Wildman–Crippen LogP) is 5.96. The summed E-state index contributed by atoms with van der Waals surface area (Å²) in [5, 5.41) is 4.04. The highest BCUT2D eigenvalue weighted by Crippen LogP contribution is 2.28. The monoisotopic (exact) mass is 560 g/mol. The van der Waals surface area contributed by atoms with Crippen molar-refractivity contribution < 1.29 is 19.0 Å². The normalized spacial score (nSPS) is 10.8. The maximum absolute atomic E-state index is 12.4. The molecule has 0 aliphatic carbocycles. The van der Waals surface area contributed by atoms with E-state index in [4.69, 9.17) is 14.2 Å². The van der Waals surface area contributed by atoms with Crippen LogP contribution in [0.5, 0.6) is 17.2 Å². The van der Waals surface area contributed by atoms with Crippen LogP contribution in [0.25, 0.3) is 0 Å². The van der Waals surface area contributed by atoms with Gasteiger partial charge in [-0.25, -0.2) is 5.43 Å². The first-order valence-corrected chi connectivity index (χ1v) is 11.4.